The van der Waals surface area contributed by atoms with Crippen molar-refractivity contribution in [1.82, 2.24) is 15.2 Å². The largest absolute Gasteiger partial charge is 0.352 e. The van der Waals surface area contributed by atoms with Crippen molar-refractivity contribution in [2.24, 2.45) is 11.8 Å². The summed E-state index contributed by atoms with van der Waals surface area (Å²) in [6.45, 7) is 5.00. The fourth-order valence-electron chi connectivity index (χ4n) is 4.26. The first-order chi connectivity index (χ1) is 16.3. The molecule has 2 amide bonds. The molecule has 34 heavy (non-hydrogen) atoms. The van der Waals surface area contributed by atoms with Crippen LogP contribution >= 0.6 is 11.3 Å². The summed E-state index contributed by atoms with van der Waals surface area (Å²) in [6.07, 6.45) is 1.45. The van der Waals surface area contributed by atoms with Gasteiger partial charge in [0, 0.05) is 36.7 Å². The molecule has 8 heteroatoms. The number of aryl methyl sites for hydroxylation is 1. The number of likely N-dealkylation sites (tertiary alicyclic amines) is 1. The summed E-state index contributed by atoms with van der Waals surface area (Å²) in [6, 6.07) is 12.5. The molecule has 0 radical (unpaired) electrons. The lowest BCUT2D eigenvalue weighted by Gasteiger charge is -2.34. The van der Waals surface area contributed by atoms with Gasteiger partial charge in [-0.2, -0.15) is 0 Å². The maximum absolute atomic E-state index is 13.8. The average Bonchev–Trinajstić information content (AvgIpc) is 3.24. The lowest BCUT2D eigenvalue weighted by molar-refractivity contribution is -0.126. The fourth-order valence-corrected chi connectivity index (χ4v) is 5.30. The highest BCUT2D eigenvalue weighted by Gasteiger charge is 2.31. The smallest absolute Gasteiger partial charge is 0.265 e. The highest BCUT2D eigenvalue weighted by Crippen LogP contribution is 2.31. The van der Waals surface area contributed by atoms with Gasteiger partial charge in [0.25, 0.3) is 5.91 Å². The number of hydrogen-bond acceptors (Lipinski definition) is 4. The van der Waals surface area contributed by atoms with E-state index in [2.05, 4.69) is 10.3 Å². The fraction of sp³-hybridized carbons (Fsp3) is 0.346. The van der Waals surface area contributed by atoms with Crippen molar-refractivity contribution in [3.63, 3.8) is 0 Å². The van der Waals surface area contributed by atoms with Gasteiger partial charge >= 0.3 is 0 Å². The van der Waals surface area contributed by atoms with Gasteiger partial charge in [-0.1, -0.05) is 25.1 Å². The van der Waals surface area contributed by atoms with E-state index in [1.807, 2.05) is 18.7 Å². The van der Waals surface area contributed by atoms with E-state index >= 15 is 0 Å². The molecule has 1 atom stereocenters. The normalized spacial score (nSPS) is 15.2. The first-order valence-corrected chi connectivity index (χ1v) is 12.2. The van der Waals surface area contributed by atoms with Crippen molar-refractivity contribution in [1.29, 1.82) is 0 Å². The van der Waals surface area contributed by atoms with Crippen LogP contribution in [0.2, 0.25) is 0 Å². The third-order valence-electron chi connectivity index (χ3n) is 6.44. The van der Waals surface area contributed by atoms with Crippen LogP contribution in [0.4, 0.5) is 8.78 Å². The summed E-state index contributed by atoms with van der Waals surface area (Å²) in [5.41, 5.74) is 1.91. The number of thiazole rings is 1. The van der Waals surface area contributed by atoms with E-state index in [4.69, 9.17) is 0 Å². The minimum absolute atomic E-state index is 0.0570. The molecule has 0 saturated carbocycles. The Balaban J connectivity index is 1.32. The minimum atomic E-state index is -0.330. The van der Waals surface area contributed by atoms with Gasteiger partial charge in [-0.05, 0) is 56.0 Å². The third-order valence-corrected chi connectivity index (χ3v) is 7.63. The standard InChI is InChI=1S/C26H27F2N3O2S/c1-16(24(32)29-15-20-5-3-4-6-22(20)28)18-11-13-31(14-12-18)26(33)23-17(2)30-25(34-23)19-7-9-21(27)10-8-19/h3-10,16,18H,11-15H2,1-2H3,(H,29,32). The summed E-state index contributed by atoms with van der Waals surface area (Å²) in [5.74, 6) is -0.871. The van der Waals surface area contributed by atoms with Gasteiger partial charge in [-0.15, -0.1) is 11.3 Å². The molecule has 1 saturated heterocycles. The number of rotatable bonds is 6. The third kappa shape index (κ3) is 5.33. The number of piperidine rings is 1. The zero-order valence-electron chi connectivity index (χ0n) is 19.2. The molecule has 2 heterocycles. The maximum atomic E-state index is 13.8. The van der Waals surface area contributed by atoms with Gasteiger partial charge in [0.15, 0.2) is 0 Å². The van der Waals surface area contributed by atoms with Crippen LogP contribution in [0.15, 0.2) is 48.5 Å². The molecular formula is C26H27F2N3O2S. The molecule has 1 aliphatic rings. The van der Waals surface area contributed by atoms with E-state index in [1.54, 1.807) is 30.3 Å². The van der Waals surface area contributed by atoms with E-state index < -0.39 is 0 Å². The maximum Gasteiger partial charge on any atom is 0.265 e. The lowest BCUT2D eigenvalue weighted by Crippen LogP contribution is -2.42. The van der Waals surface area contributed by atoms with Crippen molar-refractivity contribution < 1.29 is 18.4 Å². The summed E-state index contributed by atoms with van der Waals surface area (Å²) in [4.78, 5) is 32.7. The lowest BCUT2D eigenvalue weighted by atomic mass is 9.84. The van der Waals surface area contributed by atoms with Gasteiger partial charge in [0.05, 0.1) is 5.69 Å². The number of benzene rings is 2. The van der Waals surface area contributed by atoms with Crippen LogP contribution in [0.1, 0.15) is 40.7 Å². The number of hydrogen-bond donors (Lipinski definition) is 1. The molecule has 5 nitrogen and oxygen atoms in total. The Labute approximate surface area is 201 Å². The summed E-state index contributed by atoms with van der Waals surface area (Å²) in [5, 5.41) is 3.53. The van der Waals surface area contributed by atoms with E-state index in [-0.39, 0.29) is 41.8 Å². The van der Waals surface area contributed by atoms with E-state index in [0.29, 0.717) is 34.2 Å². The zero-order chi connectivity index (χ0) is 24.2. The molecule has 0 aliphatic carbocycles. The van der Waals surface area contributed by atoms with Crippen molar-refractivity contribution >= 4 is 23.2 Å². The second kappa shape index (κ2) is 10.4. The number of nitrogens with one attached hydrogen (secondary N) is 1. The van der Waals surface area contributed by atoms with Gasteiger partial charge in [0.2, 0.25) is 5.91 Å². The predicted molar refractivity (Wildman–Crippen MR) is 128 cm³/mol. The van der Waals surface area contributed by atoms with Crippen LogP contribution in [-0.4, -0.2) is 34.8 Å². The SMILES string of the molecule is Cc1nc(-c2ccc(F)cc2)sc1C(=O)N1CCC(C(C)C(=O)NCc2ccccc2F)CC1. The molecule has 3 aromatic rings. The first-order valence-electron chi connectivity index (χ1n) is 11.4. The monoisotopic (exact) mass is 483 g/mol. The van der Waals surface area contributed by atoms with Gasteiger partial charge < -0.3 is 10.2 Å². The number of amides is 2. The quantitative estimate of drug-likeness (QED) is 0.524. The van der Waals surface area contributed by atoms with E-state index in [9.17, 15) is 18.4 Å². The van der Waals surface area contributed by atoms with Gasteiger partial charge in [-0.3, -0.25) is 9.59 Å². The summed E-state index contributed by atoms with van der Waals surface area (Å²) >= 11 is 1.32. The van der Waals surface area contributed by atoms with E-state index in [0.717, 1.165) is 18.4 Å². The van der Waals surface area contributed by atoms with Crippen LogP contribution in [0.25, 0.3) is 10.6 Å². The second-order valence-electron chi connectivity index (χ2n) is 8.67. The molecule has 178 valence electrons. The van der Waals surface area contributed by atoms with Gasteiger partial charge in [0.1, 0.15) is 21.5 Å². The van der Waals surface area contributed by atoms with Crippen molar-refractivity contribution in [3.05, 3.63) is 76.3 Å². The topological polar surface area (TPSA) is 62.3 Å². The Morgan fingerprint density at radius 1 is 1.12 bits per heavy atom. The Kier molecular flexibility index (Phi) is 7.36. The molecule has 1 N–H and O–H groups in total. The second-order valence-corrected chi connectivity index (χ2v) is 9.67. The van der Waals surface area contributed by atoms with Crippen LogP contribution in [0.5, 0.6) is 0 Å². The molecule has 0 spiro atoms. The molecule has 1 aromatic heterocycles. The highest BCUT2D eigenvalue weighted by molar-refractivity contribution is 7.17. The molecule has 1 aliphatic heterocycles. The van der Waals surface area contributed by atoms with Crippen molar-refractivity contribution in [2.75, 3.05) is 13.1 Å². The van der Waals surface area contributed by atoms with Gasteiger partial charge in [-0.25, -0.2) is 13.8 Å². The van der Waals surface area contributed by atoms with Crippen LogP contribution in [0, 0.1) is 30.4 Å². The molecule has 1 fully saturated rings. The first kappa shape index (κ1) is 24.0. The Hall–Kier alpha value is -3.13. The van der Waals surface area contributed by atoms with Crippen LogP contribution < -0.4 is 5.32 Å². The average molecular weight is 484 g/mol. The van der Waals surface area contributed by atoms with E-state index in [1.165, 1.54) is 29.5 Å². The molecular weight excluding hydrogens is 456 g/mol. The Morgan fingerprint density at radius 2 is 1.79 bits per heavy atom. The van der Waals surface area contributed by atoms with Crippen LogP contribution in [-0.2, 0) is 11.3 Å². The number of carbonyl (C=O) groups excluding carboxylic acids is 2. The zero-order valence-corrected chi connectivity index (χ0v) is 20.0. The molecule has 2 aromatic carbocycles. The summed E-state index contributed by atoms with van der Waals surface area (Å²) in [7, 11) is 0. The minimum Gasteiger partial charge on any atom is -0.352 e. The Bertz CT molecular complexity index is 1170. The number of aromatic nitrogens is 1. The molecule has 4 rings (SSSR count). The van der Waals surface area contributed by atoms with Crippen molar-refractivity contribution in [2.45, 2.75) is 33.2 Å². The molecule has 1 unspecified atom stereocenters. The highest BCUT2D eigenvalue weighted by atomic mass is 32.1. The predicted octanol–water partition coefficient (Wildman–Crippen LogP) is 5.20. The van der Waals surface area contributed by atoms with Crippen LogP contribution in [0.3, 0.4) is 0 Å². The summed E-state index contributed by atoms with van der Waals surface area (Å²) < 4.78 is 27.0. The Morgan fingerprint density at radius 3 is 2.47 bits per heavy atom. The number of halogens is 2. The van der Waals surface area contributed by atoms with Crippen molar-refractivity contribution in [3.8, 4) is 10.6 Å². The molecule has 0 bridgehead atoms. The number of nitrogens with zero attached hydrogens (tertiary/aromatic N) is 2. The number of carbonyl (C=O) groups is 2.